The maximum Gasteiger partial charge on any atom is 0.411 e. The van der Waals surface area contributed by atoms with Crippen LogP contribution in [0.2, 0.25) is 0 Å². The lowest BCUT2D eigenvalue weighted by molar-refractivity contribution is -0.124. The van der Waals surface area contributed by atoms with E-state index in [1.807, 2.05) is 0 Å². The number of anilines is 2. The molecule has 2 saturated carbocycles. The Morgan fingerprint density at radius 1 is 0.914 bits per heavy atom. The largest absolute Gasteiger partial charge is 0.485 e. The van der Waals surface area contributed by atoms with E-state index in [0.717, 1.165) is 6.42 Å². The van der Waals surface area contributed by atoms with Gasteiger partial charge < -0.3 is 9.47 Å². The Hall–Kier alpha value is -3.94. The van der Waals surface area contributed by atoms with Gasteiger partial charge in [-0.15, -0.1) is 0 Å². The number of carbonyl (C=O) groups excluding carboxylic acids is 4. The van der Waals surface area contributed by atoms with Crippen molar-refractivity contribution in [2.24, 2.45) is 35.5 Å². The maximum atomic E-state index is 13.2. The summed E-state index contributed by atoms with van der Waals surface area (Å²) in [6.45, 7) is -0.174. The fourth-order valence-electron chi connectivity index (χ4n) is 6.04. The highest BCUT2D eigenvalue weighted by Crippen LogP contribution is 2.65. The zero-order valence-corrected chi connectivity index (χ0v) is 19.0. The van der Waals surface area contributed by atoms with Gasteiger partial charge in [0.25, 0.3) is 0 Å². The number of Topliss-reactive ketones (excluding diaryl/α,β-unsaturated/α-hetero) is 1. The Kier molecular flexibility index (Phi) is 4.98. The molecule has 0 aromatic heterocycles. The van der Waals surface area contributed by atoms with E-state index in [1.54, 1.807) is 48.5 Å². The monoisotopic (exact) mass is 472 g/mol. The molecule has 3 amide bonds. The Bertz CT molecular complexity index is 1220. The lowest BCUT2D eigenvalue weighted by atomic mass is 9.63. The molecule has 1 saturated heterocycles. The minimum Gasteiger partial charge on any atom is -0.485 e. The van der Waals surface area contributed by atoms with E-state index in [4.69, 9.17) is 4.74 Å². The van der Waals surface area contributed by atoms with Crippen molar-refractivity contribution in [1.82, 2.24) is 0 Å². The standard InChI is InChI=1S/C27H24N2O6/c1-34-27(33)28-15-4-2-14(3-5-15)22(30)13-35-17-8-6-16(7-9-17)29-25(31)23-18-10-11-19(21-12-20(18)21)24(23)26(29)32/h2-11,18-21,23-24H,12-13H2,1H3,(H,28,33)/t18-,19?,20?,21-,23?,24?/m1/s1. The smallest absolute Gasteiger partial charge is 0.411 e. The fraction of sp³-hybridized carbons (Fsp3) is 0.333. The van der Waals surface area contributed by atoms with Gasteiger partial charge in [0.15, 0.2) is 12.4 Å². The molecule has 4 unspecified atom stereocenters. The molecule has 1 N–H and O–H groups in total. The fourth-order valence-corrected chi connectivity index (χ4v) is 6.04. The predicted molar refractivity (Wildman–Crippen MR) is 126 cm³/mol. The van der Waals surface area contributed by atoms with Crippen molar-refractivity contribution in [3.8, 4) is 5.75 Å². The summed E-state index contributed by atoms with van der Waals surface area (Å²) < 4.78 is 10.2. The van der Waals surface area contributed by atoms with Gasteiger partial charge in [0.05, 0.1) is 24.6 Å². The topological polar surface area (TPSA) is 102 Å². The van der Waals surface area contributed by atoms with Crippen LogP contribution in [0.1, 0.15) is 16.8 Å². The SMILES string of the molecule is COC(=O)Nc1ccc(C(=O)COc2ccc(N3C(=O)C4C(C3=O)[C@@H]3C=CC4[C@H]4CC34)cc2)cc1. The molecule has 3 fully saturated rings. The molecule has 178 valence electrons. The van der Waals surface area contributed by atoms with Crippen LogP contribution >= 0.6 is 0 Å². The summed E-state index contributed by atoms with van der Waals surface area (Å²) in [7, 11) is 1.27. The third-order valence-corrected chi connectivity index (χ3v) is 7.77. The van der Waals surface area contributed by atoms with Crippen LogP contribution in [0.25, 0.3) is 0 Å². The molecule has 4 aliphatic carbocycles. The number of nitrogens with one attached hydrogen (secondary N) is 1. The molecule has 1 heterocycles. The number of ether oxygens (including phenoxy) is 2. The van der Waals surface area contributed by atoms with Crippen LogP contribution in [0.15, 0.2) is 60.7 Å². The number of allylic oxidation sites excluding steroid dienone is 2. The second-order valence-electron chi connectivity index (χ2n) is 9.57. The van der Waals surface area contributed by atoms with Crippen molar-refractivity contribution in [3.63, 3.8) is 0 Å². The lowest BCUT2D eigenvalue weighted by Gasteiger charge is -2.37. The van der Waals surface area contributed by atoms with Crippen molar-refractivity contribution in [2.45, 2.75) is 6.42 Å². The molecular formula is C27H24N2O6. The first-order valence-electron chi connectivity index (χ1n) is 11.7. The van der Waals surface area contributed by atoms with Gasteiger partial charge in [-0.1, -0.05) is 12.2 Å². The Morgan fingerprint density at radius 2 is 1.51 bits per heavy atom. The Labute approximate surface area is 201 Å². The average molecular weight is 472 g/mol. The number of hydrogen-bond acceptors (Lipinski definition) is 6. The number of ketones is 1. The summed E-state index contributed by atoms with van der Waals surface area (Å²) in [6, 6.07) is 13.1. The van der Waals surface area contributed by atoms with Gasteiger partial charge in [0.2, 0.25) is 11.8 Å². The minimum atomic E-state index is -0.590. The molecule has 0 spiro atoms. The number of imide groups is 1. The summed E-state index contributed by atoms with van der Waals surface area (Å²) in [5.41, 5.74) is 1.49. The third-order valence-electron chi connectivity index (χ3n) is 7.77. The van der Waals surface area contributed by atoms with Crippen LogP contribution in [0.4, 0.5) is 16.2 Å². The predicted octanol–water partition coefficient (Wildman–Crippen LogP) is 3.68. The molecule has 8 heteroatoms. The number of methoxy groups -OCH3 is 1. The molecule has 1 aliphatic heterocycles. The Morgan fingerprint density at radius 3 is 2.09 bits per heavy atom. The van der Waals surface area contributed by atoms with Gasteiger partial charge in [0, 0.05) is 11.3 Å². The van der Waals surface area contributed by atoms with Crippen LogP contribution in [-0.2, 0) is 14.3 Å². The van der Waals surface area contributed by atoms with Crippen molar-refractivity contribution >= 4 is 35.1 Å². The van der Waals surface area contributed by atoms with Crippen LogP contribution in [0.5, 0.6) is 5.75 Å². The van der Waals surface area contributed by atoms with Crippen molar-refractivity contribution < 1.29 is 28.7 Å². The number of hydrogen-bond donors (Lipinski definition) is 1. The molecule has 0 radical (unpaired) electrons. The van der Waals surface area contributed by atoms with Crippen LogP contribution < -0.4 is 15.0 Å². The summed E-state index contributed by atoms with van der Waals surface area (Å²) in [5, 5.41) is 2.52. The van der Waals surface area contributed by atoms with E-state index in [-0.39, 0.29) is 47.9 Å². The van der Waals surface area contributed by atoms with Gasteiger partial charge >= 0.3 is 6.09 Å². The van der Waals surface area contributed by atoms with Crippen LogP contribution in [0, 0.1) is 35.5 Å². The molecule has 5 aliphatic rings. The zero-order chi connectivity index (χ0) is 24.3. The molecular weight excluding hydrogens is 448 g/mol. The van der Waals surface area contributed by atoms with E-state index in [1.165, 1.54) is 12.0 Å². The first kappa shape index (κ1) is 21.6. The summed E-state index contributed by atoms with van der Waals surface area (Å²) in [6.07, 6.45) is 4.86. The van der Waals surface area contributed by atoms with Gasteiger partial charge in [-0.3, -0.25) is 24.6 Å². The van der Waals surface area contributed by atoms with Crippen LogP contribution in [0.3, 0.4) is 0 Å². The zero-order valence-electron chi connectivity index (χ0n) is 19.0. The molecule has 2 aromatic rings. The van der Waals surface area contributed by atoms with E-state index >= 15 is 0 Å². The van der Waals surface area contributed by atoms with Crippen LogP contribution in [-0.4, -0.2) is 37.4 Å². The minimum absolute atomic E-state index is 0.0984. The third kappa shape index (κ3) is 3.51. The van der Waals surface area contributed by atoms with Gasteiger partial charge in [0.1, 0.15) is 5.75 Å². The van der Waals surface area contributed by atoms with Crippen molar-refractivity contribution in [2.75, 3.05) is 23.9 Å². The summed E-state index contributed by atoms with van der Waals surface area (Å²) in [4.78, 5) is 51.5. The Balaban J connectivity index is 1.09. The summed E-state index contributed by atoms with van der Waals surface area (Å²) >= 11 is 0. The molecule has 35 heavy (non-hydrogen) atoms. The lowest BCUT2D eigenvalue weighted by Crippen LogP contribution is -2.40. The number of carbonyl (C=O) groups is 4. The number of nitrogens with zero attached hydrogens (tertiary/aromatic N) is 1. The van der Waals surface area contributed by atoms with Gasteiger partial charge in [-0.05, 0) is 78.6 Å². The highest BCUT2D eigenvalue weighted by Gasteiger charge is 2.67. The highest BCUT2D eigenvalue weighted by molar-refractivity contribution is 6.22. The van der Waals surface area contributed by atoms with E-state index in [0.29, 0.717) is 34.5 Å². The van der Waals surface area contributed by atoms with E-state index in [2.05, 4.69) is 22.2 Å². The average Bonchev–Trinajstić information content (AvgIpc) is 3.66. The molecule has 7 rings (SSSR count). The first-order chi connectivity index (χ1) is 17.0. The maximum absolute atomic E-state index is 13.2. The van der Waals surface area contributed by atoms with Gasteiger partial charge in [-0.2, -0.15) is 0 Å². The summed E-state index contributed by atoms with van der Waals surface area (Å²) in [5.74, 6) is 1.09. The van der Waals surface area contributed by atoms with E-state index < -0.39 is 6.09 Å². The van der Waals surface area contributed by atoms with Gasteiger partial charge in [-0.25, -0.2) is 4.79 Å². The molecule has 6 atom stereocenters. The van der Waals surface area contributed by atoms with Crippen molar-refractivity contribution in [1.29, 1.82) is 0 Å². The second kappa shape index (κ2) is 8.08. The molecule has 8 nitrogen and oxygen atoms in total. The number of amides is 3. The molecule has 2 aromatic carbocycles. The molecule has 2 bridgehead atoms. The second-order valence-corrected chi connectivity index (χ2v) is 9.57. The highest BCUT2D eigenvalue weighted by atomic mass is 16.5. The quantitative estimate of drug-likeness (QED) is 0.391. The van der Waals surface area contributed by atoms with Crippen molar-refractivity contribution in [3.05, 3.63) is 66.2 Å². The first-order valence-corrected chi connectivity index (χ1v) is 11.7. The number of benzene rings is 2. The van der Waals surface area contributed by atoms with E-state index in [9.17, 15) is 19.2 Å². The normalized spacial score (nSPS) is 29.5. The number of rotatable bonds is 6.